The summed E-state index contributed by atoms with van der Waals surface area (Å²) in [6, 6.07) is 5.11. The molecule has 1 aromatic rings. The van der Waals surface area contributed by atoms with E-state index >= 15 is 0 Å². The third-order valence-corrected chi connectivity index (χ3v) is 2.15. The van der Waals surface area contributed by atoms with Crippen LogP contribution in [0.25, 0.3) is 0 Å². The highest BCUT2D eigenvalue weighted by Crippen LogP contribution is 2.25. The van der Waals surface area contributed by atoms with E-state index in [-0.39, 0.29) is 0 Å². The van der Waals surface area contributed by atoms with Crippen LogP contribution in [0.1, 0.15) is 10.4 Å². The molecule has 1 rings (SSSR count). The lowest BCUT2D eigenvalue weighted by molar-refractivity contribution is 0.112. The van der Waals surface area contributed by atoms with E-state index in [1.54, 1.807) is 18.2 Å². The number of benzene rings is 1. The maximum absolute atomic E-state index is 10.5. The van der Waals surface area contributed by atoms with Crippen LogP contribution in [0.15, 0.2) is 18.2 Å². The minimum absolute atomic E-state index is 0.486. The first-order valence-corrected chi connectivity index (χ1v) is 4.46. The van der Waals surface area contributed by atoms with Crippen LogP contribution >= 0.6 is 11.6 Å². The van der Waals surface area contributed by atoms with Crippen molar-refractivity contribution in [3.05, 3.63) is 28.8 Å². The van der Waals surface area contributed by atoms with Crippen molar-refractivity contribution in [3.8, 4) is 12.3 Å². The van der Waals surface area contributed by atoms with Gasteiger partial charge in [0.2, 0.25) is 0 Å². The molecule has 0 saturated carbocycles. The topological polar surface area (TPSA) is 20.3 Å². The van der Waals surface area contributed by atoms with E-state index in [9.17, 15) is 4.79 Å². The number of halogens is 1. The number of terminal acetylenes is 1. The number of hydrogen-bond donors (Lipinski definition) is 0. The minimum Gasteiger partial charge on any atom is -0.362 e. The van der Waals surface area contributed by atoms with E-state index in [2.05, 4.69) is 5.92 Å². The highest BCUT2D eigenvalue weighted by Gasteiger charge is 2.05. The van der Waals surface area contributed by atoms with Crippen molar-refractivity contribution in [3.63, 3.8) is 0 Å². The second-order valence-corrected chi connectivity index (χ2v) is 3.30. The van der Waals surface area contributed by atoms with E-state index in [0.29, 0.717) is 17.1 Å². The molecule has 0 aliphatic rings. The molecule has 0 amide bonds. The number of hydrogen-bond acceptors (Lipinski definition) is 2. The van der Waals surface area contributed by atoms with Crippen molar-refractivity contribution < 1.29 is 4.79 Å². The number of carbonyl (C=O) groups is 1. The molecule has 2 nitrogen and oxygen atoms in total. The third kappa shape index (κ3) is 2.27. The molecule has 0 spiro atoms. The Labute approximate surface area is 88.5 Å². The first-order chi connectivity index (χ1) is 6.69. The number of carbonyl (C=O) groups excluding carboxylic acids is 1. The van der Waals surface area contributed by atoms with Crippen molar-refractivity contribution in [2.45, 2.75) is 0 Å². The summed E-state index contributed by atoms with van der Waals surface area (Å²) in [5.41, 5.74) is 1.39. The molecule has 72 valence electrons. The summed E-state index contributed by atoms with van der Waals surface area (Å²) >= 11 is 5.97. The SMILES string of the molecule is C#CCN(C)c1ccc(C=O)cc1Cl. The summed E-state index contributed by atoms with van der Waals surface area (Å²) in [6.07, 6.45) is 5.94. The summed E-state index contributed by atoms with van der Waals surface area (Å²) in [5.74, 6) is 2.52. The third-order valence-electron chi connectivity index (χ3n) is 1.85. The number of anilines is 1. The van der Waals surface area contributed by atoms with Gasteiger partial charge in [0.25, 0.3) is 0 Å². The molecule has 0 saturated heterocycles. The zero-order chi connectivity index (χ0) is 10.6. The maximum atomic E-state index is 10.5. The molecule has 0 aromatic heterocycles. The lowest BCUT2D eigenvalue weighted by atomic mass is 10.2. The van der Waals surface area contributed by atoms with E-state index in [1.807, 2.05) is 11.9 Å². The van der Waals surface area contributed by atoms with Gasteiger partial charge in [0.15, 0.2) is 0 Å². The van der Waals surface area contributed by atoms with Gasteiger partial charge < -0.3 is 4.90 Å². The van der Waals surface area contributed by atoms with Gasteiger partial charge in [0.1, 0.15) is 6.29 Å². The highest BCUT2D eigenvalue weighted by atomic mass is 35.5. The summed E-state index contributed by atoms with van der Waals surface area (Å²) < 4.78 is 0. The summed E-state index contributed by atoms with van der Waals surface area (Å²) in [4.78, 5) is 12.3. The van der Waals surface area contributed by atoms with Crippen LogP contribution in [0.5, 0.6) is 0 Å². The number of rotatable bonds is 3. The van der Waals surface area contributed by atoms with Crippen molar-refractivity contribution in [1.29, 1.82) is 0 Å². The smallest absolute Gasteiger partial charge is 0.150 e. The van der Waals surface area contributed by atoms with Gasteiger partial charge in [-0.2, -0.15) is 0 Å². The Morgan fingerprint density at radius 1 is 1.64 bits per heavy atom. The van der Waals surface area contributed by atoms with Crippen LogP contribution in [-0.2, 0) is 0 Å². The number of nitrogens with zero attached hydrogens (tertiary/aromatic N) is 1. The van der Waals surface area contributed by atoms with E-state index in [1.165, 1.54) is 0 Å². The fourth-order valence-corrected chi connectivity index (χ4v) is 1.46. The Kier molecular flexibility index (Phi) is 3.55. The summed E-state index contributed by atoms with van der Waals surface area (Å²) in [7, 11) is 1.85. The van der Waals surface area contributed by atoms with Crippen molar-refractivity contribution >= 4 is 23.6 Å². The second-order valence-electron chi connectivity index (χ2n) is 2.89. The number of aldehydes is 1. The van der Waals surface area contributed by atoms with Crippen molar-refractivity contribution in [1.82, 2.24) is 0 Å². The predicted molar refractivity (Wildman–Crippen MR) is 58.9 cm³/mol. The zero-order valence-corrected chi connectivity index (χ0v) is 8.58. The molecule has 0 bridgehead atoms. The molecular weight excluding hydrogens is 198 g/mol. The minimum atomic E-state index is 0.486. The van der Waals surface area contributed by atoms with Crippen LogP contribution in [0, 0.1) is 12.3 Å². The molecule has 14 heavy (non-hydrogen) atoms. The van der Waals surface area contributed by atoms with Gasteiger partial charge in [-0.3, -0.25) is 4.79 Å². The fourth-order valence-electron chi connectivity index (χ4n) is 1.13. The molecule has 0 atom stereocenters. The monoisotopic (exact) mass is 207 g/mol. The Morgan fingerprint density at radius 2 is 2.36 bits per heavy atom. The van der Waals surface area contributed by atoms with Gasteiger partial charge in [0, 0.05) is 12.6 Å². The molecule has 3 heteroatoms. The van der Waals surface area contributed by atoms with Gasteiger partial charge in [-0.15, -0.1) is 6.42 Å². The van der Waals surface area contributed by atoms with Gasteiger partial charge in [-0.25, -0.2) is 0 Å². The van der Waals surface area contributed by atoms with Gasteiger partial charge in [-0.1, -0.05) is 17.5 Å². The molecule has 0 radical (unpaired) electrons. The van der Waals surface area contributed by atoms with Crippen LogP contribution in [0.2, 0.25) is 5.02 Å². The van der Waals surface area contributed by atoms with E-state index < -0.39 is 0 Å². The lowest BCUT2D eigenvalue weighted by Crippen LogP contribution is -2.17. The standard InChI is InChI=1S/C11H10ClNO/c1-3-6-13(2)11-5-4-9(8-14)7-10(11)12/h1,4-5,7-8H,6H2,2H3. The second kappa shape index (κ2) is 4.69. The molecule has 0 heterocycles. The first-order valence-electron chi connectivity index (χ1n) is 4.08. The van der Waals surface area contributed by atoms with Crippen molar-refractivity contribution in [2.24, 2.45) is 0 Å². The Hall–Kier alpha value is -1.46. The molecule has 0 unspecified atom stereocenters. The molecule has 0 aliphatic carbocycles. The molecule has 0 N–H and O–H groups in total. The molecular formula is C11H10ClNO. The molecule has 1 aromatic carbocycles. The van der Waals surface area contributed by atoms with Gasteiger partial charge >= 0.3 is 0 Å². The largest absolute Gasteiger partial charge is 0.362 e. The van der Waals surface area contributed by atoms with Crippen LogP contribution in [0.4, 0.5) is 5.69 Å². The maximum Gasteiger partial charge on any atom is 0.150 e. The summed E-state index contributed by atoms with van der Waals surface area (Å²) in [6.45, 7) is 0.486. The highest BCUT2D eigenvalue weighted by molar-refractivity contribution is 6.33. The molecule has 0 fully saturated rings. The Morgan fingerprint density at radius 3 is 2.86 bits per heavy atom. The van der Waals surface area contributed by atoms with E-state index in [0.717, 1.165) is 12.0 Å². The zero-order valence-electron chi connectivity index (χ0n) is 7.83. The molecule has 0 aliphatic heterocycles. The quantitative estimate of drug-likeness (QED) is 0.560. The van der Waals surface area contributed by atoms with Crippen LogP contribution in [0.3, 0.4) is 0 Å². The van der Waals surface area contributed by atoms with Gasteiger partial charge in [0.05, 0.1) is 17.3 Å². The average Bonchev–Trinajstić information content (AvgIpc) is 2.17. The van der Waals surface area contributed by atoms with Crippen molar-refractivity contribution in [2.75, 3.05) is 18.5 Å². The van der Waals surface area contributed by atoms with Gasteiger partial charge in [-0.05, 0) is 18.2 Å². The first kappa shape index (κ1) is 10.6. The Balaban J connectivity index is 3.00. The lowest BCUT2D eigenvalue weighted by Gasteiger charge is -2.17. The Bertz CT molecular complexity index is 381. The predicted octanol–water partition coefficient (Wildman–Crippen LogP) is 2.22. The average molecular weight is 208 g/mol. The van der Waals surface area contributed by atoms with Crippen LogP contribution < -0.4 is 4.90 Å². The summed E-state index contributed by atoms with van der Waals surface area (Å²) in [5, 5.41) is 0.535. The normalized spacial score (nSPS) is 9.21. The van der Waals surface area contributed by atoms with Crippen LogP contribution in [-0.4, -0.2) is 19.9 Å². The fraction of sp³-hybridized carbons (Fsp3) is 0.182. The van der Waals surface area contributed by atoms with E-state index in [4.69, 9.17) is 18.0 Å².